The number of ether oxygens (including phenoxy) is 1. The zero-order valence-corrected chi connectivity index (χ0v) is 13.3. The van der Waals surface area contributed by atoms with Crippen molar-refractivity contribution in [1.29, 1.82) is 0 Å². The van der Waals surface area contributed by atoms with Gasteiger partial charge in [0.05, 0.1) is 28.9 Å². The van der Waals surface area contributed by atoms with Gasteiger partial charge in [-0.3, -0.25) is 9.48 Å². The lowest BCUT2D eigenvalue weighted by atomic mass is 10.1. The molecule has 1 aliphatic heterocycles. The number of nitrogens with one attached hydrogen (secondary N) is 1. The van der Waals surface area contributed by atoms with Crippen molar-refractivity contribution in [3.05, 3.63) is 10.6 Å². The molecule has 1 aliphatic rings. The summed E-state index contributed by atoms with van der Waals surface area (Å²) in [6.45, 7) is 4.66. The van der Waals surface area contributed by atoms with Crippen molar-refractivity contribution in [2.45, 2.75) is 38.8 Å². The molecule has 7 heteroatoms. The Labute approximate surface area is 127 Å². The van der Waals surface area contributed by atoms with E-state index in [1.165, 1.54) is 11.3 Å². The van der Waals surface area contributed by atoms with Crippen molar-refractivity contribution >= 4 is 33.1 Å². The van der Waals surface area contributed by atoms with Crippen molar-refractivity contribution < 1.29 is 9.53 Å². The minimum atomic E-state index is -0.129. The summed E-state index contributed by atoms with van der Waals surface area (Å²) in [6, 6.07) is -0.0103. The number of aryl methyl sites for hydroxylation is 2. The lowest BCUT2D eigenvalue weighted by Crippen LogP contribution is -2.40. The van der Waals surface area contributed by atoms with Crippen LogP contribution in [0.2, 0.25) is 0 Å². The summed E-state index contributed by atoms with van der Waals surface area (Å²) in [6.07, 6.45) is 2.15. The summed E-state index contributed by atoms with van der Waals surface area (Å²) in [4.78, 5) is 13.9. The highest BCUT2D eigenvalue weighted by Crippen LogP contribution is 2.35. The second-order valence-corrected chi connectivity index (χ2v) is 6.55. The molecule has 2 atom stereocenters. The molecule has 3 rings (SSSR count). The fourth-order valence-electron chi connectivity index (χ4n) is 2.86. The topological polar surface area (TPSA) is 82.2 Å². The van der Waals surface area contributed by atoms with Gasteiger partial charge < -0.3 is 15.8 Å². The zero-order valence-electron chi connectivity index (χ0n) is 12.5. The number of rotatable bonds is 3. The molecule has 3 N–H and O–H groups in total. The van der Waals surface area contributed by atoms with Crippen LogP contribution in [0.25, 0.3) is 10.2 Å². The van der Waals surface area contributed by atoms with Crippen LogP contribution >= 0.6 is 11.3 Å². The van der Waals surface area contributed by atoms with Gasteiger partial charge in [0.1, 0.15) is 9.71 Å². The number of nitrogens with two attached hydrogens (primary N) is 1. The van der Waals surface area contributed by atoms with E-state index in [1.807, 2.05) is 20.9 Å². The molecule has 3 heterocycles. The van der Waals surface area contributed by atoms with Crippen LogP contribution in [0.15, 0.2) is 0 Å². The van der Waals surface area contributed by atoms with Crippen LogP contribution in [-0.2, 0) is 11.8 Å². The normalized spacial score (nSPS) is 20.0. The van der Waals surface area contributed by atoms with Crippen LogP contribution < -0.4 is 11.1 Å². The van der Waals surface area contributed by atoms with Gasteiger partial charge in [-0.15, -0.1) is 11.3 Å². The summed E-state index contributed by atoms with van der Waals surface area (Å²) in [5, 5.41) is 8.22. The minimum absolute atomic E-state index is 0.0103. The van der Waals surface area contributed by atoms with Gasteiger partial charge in [-0.05, 0) is 26.7 Å². The van der Waals surface area contributed by atoms with Gasteiger partial charge in [-0.2, -0.15) is 5.10 Å². The smallest absolute Gasteiger partial charge is 0.263 e. The molecule has 114 valence electrons. The number of hydrogen-bond donors (Lipinski definition) is 2. The molecule has 6 nitrogen and oxygen atoms in total. The second-order valence-electron chi connectivity index (χ2n) is 5.55. The Hall–Kier alpha value is -1.60. The highest BCUT2D eigenvalue weighted by atomic mass is 32.1. The highest BCUT2D eigenvalue weighted by molar-refractivity contribution is 7.21. The maximum Gasteiger partial charge on any atom is 0.263 e. The quantitative estimate of drug-likeness (QED) is 0.906. The van der Waals surface area contributed by atoms with Crippen molar-refractivity contribution in [2.75, 3.05) is 12.3 Å². The lowest BCUT2D eigenvalue weighted by molar-refractivity contribution is 0.0715. The third-order valence-corrected chi connectivity index (χ3v) is 5.24. The van der Waals surface area contributed by atoms with E-state index < -0.39 is 0 Å². The molecule has 0 radical (unpaired) electrons. The van der Waals surface area contributed by atoms with E-state index in [9.17, 15) is 4.79 Å². The minimum Gasteiger partial charge on any atom is -0.397 e. The Kier molecular flexibility index (Phi) is 3.62. The average molecular weight is 308 g/mol. The van der Waals surface area contributed by atoms with Crippen molar-refractivity contribution in [3.63, 3.8) is 0 Å². The van der Waals surface area contributed by atoms with Gasteiger partial charge >= 0.3 is 0 Å². The Balaban J connectivity index is 1.84. The van der Waals surface area contributed by atoms with E-state index in [4.69, 9.17) is 10.5 Å². The molecule has 1 amide bonds. The number of aromatic nitrogens is 2. The fourth-order valence-corrected chi connectivity index (χ4v) is 3.95. The number of thiophene rings is 1. The molecule has 0 aromatic carbocycles. The van der Waals surface area contributed by atoms with Crippen LogP contribution in [0.4, 0.5) is 5.69 Å². The van der Waals surface area contributed by atoms with Crippen LogP contribution in [-0.4, -0.2) is 34.4 Å². The van der Waals surface area contributed by atoms with Crippen LogP contribution in [0.5, 0.6) is 0 Å². The maximum atomic E-state index is 12.5. The van der Waals surface area contributed by atoms with Crippen molar-refractivity contribution in [1.82, 2.24) is 15.1 Å². The molecule has 0 bridgehead atoms. The Morgan fingerprint density at radius 2 is 2.38 bits per heavy atom. The third kappa shape index (κ3) is 2.40. The van der Waals surface area contributed by atoms with Gasteiger partial charge in [0.15, 0.2) is 0 Å². The maximum absolute atomic E-state index is 12.5. The number of carbonyl (C=O) groups excluding carboxylic acids is 1. The van der Waals surface area contributed by atoms with E-state index in [0.29, 0.717) is 10.6 Å². The first-order valence-electron chi connectivity index (χ1n) is 7.13. The predicted octanol–water partition coefficient (Wildman–Crippen LogP) is 1.82. The number of amides is 1. The Bertz CT molecular complexity index is 685. The van der Waals surface area contributed by atoms with Gasteiger partial charge in [-0.25, -0.2) is 0 Å². The third-order valence-electron chi connectivity index (χ3n) is 3.97. The molecular weight excluding hydrogens is 288 g/mol. The summed E-state index contributed by atoms with van der Waals surface area (Å²) >= 11 is 1.39. The van der Waals surface area contributed by atoms with E-state index in [0.717, 1.165) is 35.4 Å². The first-order chi connectivity index (χ1) is 9.99. The molecule has 0 spiro atoms. The van der Waals surface area contributed by atoms with Gasteiger partial charge in [-0.1, -0.05) is 0 Å². The monoisotopic (exact) mass is 308 g/mol. The van der Waals surface area contributed by atoms with Crippen LogP contribution in [0.3, 0.4) is 0 Å². The van der Waals surface area contributed by atoms with Crippen LogP contribution in [0.1, 0.15) is 35.1 Å². The average Bonchev–Trinajstić information content (AvgIpc) is 3.10. The summed E-state index contributed by atoms with van der Waals surface area (Å²) < 4.78 is 7.38. The van der Waals surface area contributed by atoms with Crippen LogP contribution in [0, 0.1) is 6.92 Å². The number of nitrogens with zero attached hydrogens (tertiary/aromatic N) is 2. The number of carbonyl (C=O) groups is 1. The van der Waals surface area contributed by atoms with Crippen molar-refractivity contribution in [2.24, 2.45) is 7.05 Å². The SMILES string of the molecule is Cc1nn(C)c2sc(C(=O)NC(C)C3CCCO3)c(N)c12. The molecule has 2 aromatic rings. The first-order valence-corrected chi connectivity index (χ1v) is 7.94. The molecule has 21 heavy (non-hydrogen) atoms. The number of anilines is 1. The molecule has 0 saturated carbocycles. The van der Waals surface area contributed by atoms with Gasteiger partial charge in [0.25, 0.3) is 5.91 Å². The summed E-state index contributed by atoms with van der Waals surface area (Å²) in [5.41, 5.74) is 7.53. The van der Waals surface area contributed by atoms with E-state index in [1.54, 1.807) is 4.68 Å². The zero-order chi connectivity index (χ0) is 15.1. The highest BCUT2D eigenvalue weighted by Gasteiger charge is 2.26. The molecule has 1 fully saturated rings. The number of hydrogen-bond acceptors (Lipinski definition) is 5. The Morgan fingerprint density at radius 1 is 1.62 bits per heavy atom. The van der Waals surface area contributed by atoms with E-state index >= 15 is 0 Å². The molecule has 2 unspecified atom stereocenters. The molecule has 0 aliphatic carbocycles. The van der Waals surface area contributed by atoms with E-state index in [-0.39, 0.29) is 18.1 Å². The fraction of sp³-hybridized carbons (Fsp3) is 0.571. The lowest BCUT2D eigenvalue weighted by Gasteiger charge is -2.19. The largest absolute Gasteiger partial charge is 0.397 e. The van der Waals surface area contributed by atoms with E-state index in [2.05, 4.69) is 10.4 Å². The molecular formula is C14H20N4O2S. The standard InChI is InChI=1S/C14H20N4O2S/c1-7(9-5-4-6-20-9)16-13(19)12-11(15)10-8(2)17-18(3)14(10)21-12/h7,9H,4-6,15H2,1-3H3,(H,16,19). The Morgan fingerprint density at radius 3 is 3.00 bits per heavy atom. The summed E-state index contributed by atoms with van der Waals surface area (Å²) in [7, 11) is 1.86. The van der Waals surface area contributed by atoms with Gasteiger partial charge in [0, 0.05) is 13.7 Å². The summed E-state index contributed by atoms with van der Waals surface area (Å²) in [5.74, 6) is -0.129. The van der Waals surface area contributed by atoms with Crippen molar-refractivity contribution in [3.8, 4) is 0 Å². The number of nitrogen functional groups attached to an aromatic ring is 1. The molecule has 1 saturated heterocycles. The molecule has 2 aromatic heterocycles. The predicted molar refractivity (Wildman–Crippen MR) is 83.6 cm³/mol. The number of fused-ring (bicyclic) bond motifs is 1. The van der Waals surface area contributed by atoms with Gasteiger partial charge in [0.2, 0.25) is 0 Å². The first kappa shape index (κ1) is 14.3. The second kappa shape index (κ2) is 5.31.